The Labute approximate surface area is 167 Å². The molecule has 2 fully saturated rings. The molecule has 0 unspecified atom stereocenters. The van der Waals surface area contributed by atoms with E-state index in [0.717, 1.165) is 6.42 Å². The van der Waals surface area contributed by atoms with Gasteiger partial charge in [0.05, 0.1) is 28.2 Å². The number of nitrogens with zero attached hydrogens (tertiary/aromatic N) is 1. The lowest BCUT2D eigenvalue weighted by atomic mass is 9.85. The number of rotatable bonds is 3. The van der Waals surface area contributed by atoms with Gasteiger partial charge in [-0.05, 0) is 48.6 Å². The molecular formula is C22H17ClN2O3. The summed E-state index contributed by atoms with van der Waals surface area (Å²) in [6.45, 7) is 0. The third-order valence-corrected chi connectivity index (χ3v) is 6.28. The topological polar surface area (TPSA) is 66.5 Å². The number of nitrogens with one attached hydrogen (secondary N) is 1. The normalized spacial score (nSPS) is 27.4. The van der Waals surface area contributed by atoms with E-state index in [2.05, 4.69) is 17.5 Å². The standard InChI is InChI=1S/C22H17ClN2O3/c23-16-11-15(8-9-17(16)24-20(26)12-4-2-1-3-5-12)25-21(27)18-13-6-7-14(10-13)19(18)22(25)28/h1-9,11,13-14,18-19H,10H2,(H,24,26)/t13-,14-,18-,19-/m0/s1. The lowest BCUT2D eigenvalue weighted by molar-refractivity contribution is -0.123. The summed E-state index contributed by atoms with van der Waals surface area (Å²) < 4.78 is 0. The Balaban J connectivity index is 1.39. The zero-order chi connectivity index (χ0) is 19.4. The van der Waals surface area contributed by atoms with Crippen LogP contribution in [0.1, 0.15) is 16.8 Å². The minimum absolute atomic E-state index is 0.149. The minimum atomic E-state index is -0.277. The summed E-state index contributed by atoms with van der Waals surface area (Å²) in [6.07, 6.45) is 5.03. The molecule has 1 saturated heterocycles. The molecule has 2 aromatic carbocycles. The van der Waals surface area contributed by atoms with Crippen molar-refractivity contribution in [3.8, 4) is 0 Å². The van der Waals surface area contributed by atoms with Crippen LogP contribution < -0.4 is 10.2 Å². The van der Waals surface area contributed by atoms with Gasteiger partial charge in [-0.3, -0.25) is 14.4 Å². The maximum absolute atomic E-state index is 12.9. The summed E-state index contributed by atoms with van der Waals surface area (Å²) in [6, 6.07) is 13.7. The third-order valence-electron chi connectivity index (χ3n) is 5.97. The molecule has 0 radical (unpaired) electrons. The highest BCUT2D eigenvalue weighted by Crippen LogP contribution is 2.53. The summed E-state index contributed by atoms with van der Waals surface area (Å²) in [5.74, 6) is -0.751. The van der Waals surface area contributed by atoms with Crippen LogP contribution in [0.25, 0.3) is 0 Å². The Bertz CT molecular complexity index is 1000. The molecule has 0 spiro atoms. The first-order valence-corrected chi connectivity index (χ1v) is 9.64. The second kappa shape index (κ2) is 6.31. The number of hydrogen-bond acceptors (Lipinski definition) is 3. The number of allylic oxidation sites excluding steroid dienone is 2. The van der Waals surface area contributed by atoms with Crippen LogP contribution in [-0.4, -0.2) is 17.7 Å². The molecule has 2 bridgehead atoms. The molecule has 140 valence electrons. The number of amides is 3. The Morgan fingerprint density at radius 1 is 0.964 bits per heavy atom. The highest BCUT2D eigenvalue weighted by molar-refractivity contribution is 6.34. The summed E-state index contributed by atoms with van der Waals surface area (Å²) >= 11 is 6.35. The molecule has 28 heavy (non-hydrogen) atoms. The van der Waals surface area contributed by atoms with E-state index in [1.54, 1.807) is 42.5 Å². The molecule has 1 saturated carbocycles. The van der Waals surface area contributed by atoms with Gasteiger partial charge in [0.2, 0.25) is 11.8 Å². The van der Waals surface area contributed by atoms with Gasteiger partial charge in [0.15, 0.2) is 0 Å². The quantitative estimate of drug-likeness (QED) is 0.636. The average molecular weight is 393 g/mol. The maximum Gasteiger partial charge on any atom is 0.255 e. The molecular weight excluding hydrogens is 376 g/mol. The third kappa shape index (κ3) is 2.50. The Morgan fingerprint density at radius 2 is 1.61 bits per heavy atom. The average Bonchev–Trinajstić information content (AvgIpc) is 3.38. The number of halogens is 1. The Kier molecular flexibility index (Phi) is 3.88. The zero-order valence-electron chi connectivity index (χ0n) is 14.8. The molecule has 2 aliphatic carbocycles. The SMILES string of the molecule is O=C(Nc1ccc(N2C(=O)[C@@H]3[C@@H](C2=O)[C@H]2C=C[C@H]3C2)cc1Cl)c1ccccc1. The smallest absolute Gasteiger partial charge is 0.255 e. The maximum atomic E-state index is 12.9. The van der Waals surface area contributed by atoms with Gasteiger partial charge in [0.25, 0.3) is 5.91 Å². The molecule has 0 aromatic heterocycles. The number of fused-ring (bicyclic) bond motifs is 5. The molecule has 2 aromatic rings. The minimum Gasteiger partial charge on any atom is -0.321 e. The Hall–Kier alpha value is -2.92. The molecule has 1 aliphatic heterocycles. The Morgan fingerprint density at radius 3 is 2.21 bits per heavy atom. The fourth-order valence-electron chi connectivity index (χ4n) is 4.69. The molecule has 5 rings (SSSR count). The molecule has 1 N–H and O–H groups in total. The van der Waals surface area contributed by atoms with Crippen molar-refractivity contribution in [3.05, 3.63) is 71.3 Å². The van der Waals surface area contributed by atoms with E-state index in [4.69, 9.17) is 11.6 Å². The predicted octanol–water partition coefficient (Wildman–Crippen LogP) is 3.90. The number of imide groups is 1. The second-order valence-electron chi connectivity index (χ2n) is 7.50. The largest absolute Gasteiger partial charge is 0.321 e. The van der Waals surface area contributed by atoms with Gasteiger partial charge < -0.3 is 5.32 Å². The van der Waals surface area contributed by atoms with Crippen LogP contribution in [-0.2, 0) is 9.59 Å². The van der Waals surface area contributed by atoms with Gasteiger partial charge >= 0.3 is 0 Å². The zero-order valence-corrected chi connectivity index (χ0v) is 15.6. The van der Waals surface area contributed by atoms with Crippen molar-refractivity contribution in [3.63, 3.8) is 0 Å². The van der Waals surface area contributed by atoms with E-state index in [1.165, 1.54) is 4.90 Å². The van der Waals surface area contributed by atoms with Crippen molar-refractivity contribution in [1.29, 1.82) is 0 Å². The highest BCUT2D eigenvalue weighted by Gasteiger charge is 2.59. The number of carbonyl (C=O) groups excluding carboxylic acids is 3. The molecule has 3 amide bonds. The van der Waals surface area contributed by atoms with E-state index in [1.807, 2.05) is 6.07 Å². The van der Waals surface area contributed by atoms with Crippen molar-refractivity contribution in [2.24, 2.45) is 23.7 Å². The first-order valence-electron chi connectivity index (χ1n) is 9.26. The number of anilines is 2. The van der Waals surface area contributed by atoms with E-state index in [9.17, 15) is 14.4 Å². The van der Waals surface area contributed by atoms with E-state index in [0.29, 0.717) is 16.9 Å². The van der Waals surface area contributed by atoms with Gasteiger partial charge in [0, 0.05) is 5.56 Å². The van der Waals surface area contributed by atoms with Crippen LogP contribution in [0.5, 0.6) is 0 Å². The lowest BCUT2D eigenvalue weighted by Crippen LogP contribution is -2.32. The van der Waals surface area contributed by atoms with Crippen molar-refractivity contribution >= 4 is 40.7 Å². The number of hydrogen-bond donors (Lipinski definition) is 1. The van der Waals surface area contributed by atoms with Crippen molar-refractivity contribution in [2.45, 2.75) is 6.42 Å². The molecule has 5 nitrogen and oxygen atoms in total. The highest BCUT2D eigenvalue weighted by atomic mass is 35.5. The van der Waals surface area contributed by atoms with E-state index < -0.39 is 0 Å². The van der Waals surface area contributed by atoms with E-state index in [-0.39, 0.29) is 46.4 Å². The van der Waals surface area contributed by atoms with Crippen LogP contribution in [0.2, 0.25) is 5.02 Å². The van der Waals surface area contributed by atoms with Crippen LogP contribution in [0, 0.1) is 23.7 Å². The molecule has 3 aliphatic rings. The number of carbonyl (C=O) groups is 3. The van der Waals surface area contributed by atoms with Crippen molar-refractivity contribution in [1.82, 2.24) is 0 Å². The van der Waals surface area contributed by atoms with Crippen LogP contribution in [0.15, 0.2) is 60.7 Å². The monoisotopic (exact) mass is 392 g/mol. The van der Waals surface area contributed by atoms with Gasteiger partial charge in [-0.1, -0.05) is 42.0 Å². The predicted molar refractivity (Wildman–Crippen MR) is 106 cm³/mol. The van der Waals surface area contributed by atoms with Crippen LogP contribution in [0.4, 0.5) is 11.4 Å². The molecule has 1 heterocycles. The van der Waals surface area contributed by atoms with Gasteiger partial charge in [-0.15, -0.1) is 0 Å². The lowest BCUT2D eigenvalue weighted by Gasteiger charge is -2.18. The summed E-state index contributed by atoms with van der Waals surface area (Å²) in [5, 5.41) is 3.04. The summed E-state index contributed by atoms with van der Waals surface area (Å²) in [7, 11) is 0. The fraction of sp³-hybridized carbons (Fsp3) is 0.227. The first-order chi connectivity index (χ1) is 13.5. The van der Waals surface area contributed by atoms with Crippen LogP contribution >= 0.6 is 11.6 Å². The fourth-order valence-corrected chi connectivity index (χ4v) is 4.91. The molecule has 4 atom stereocenters. The summed E-state index contributed by atoms with van der Waals surface area (Å²) in [5.41, 5.74) is 1.40. The van der Waals surface area contributed by atoms with Crippen molar-refractivity contribution < 1.29 is 14.4 Å². The number of benzene rings is 2. The van der Waals surface area contributed by atoms with Crippen molar-refractivity contribution in [2.75, 3.05) is 10.2 Å². The van der Waals surface area contributed by atoms with Gasteiger partial charge in [-0.25, -0.2) is 4.90 Å². The van der Waals surface area contributed by atoms with E-state index >= 15 is 0 Å². The first kappa shape index (κ1) is 17.2. The molecule has 6 heteroatoms. The van der Waals surface area contributed by atoms with Crippen LogP contribution in [0.3, 0.4) is 0 Å². The van der Waals surface area contributed by atoms with Gasteiger partial charge in [-0.2, -0.15) is 0 Å². The van der Waals surface area contributed by atoms with Gasteiger partial charge in [0.1, 0.15) is 0 Å². The summed E-state index contributed by atoms with van der Waals surface area (Å²) in [4.78, 5) is 39.4. The second-order valence-corrected chi connectivity index (χ2v) is 7.90.